The number of tetrazole rings is 1. The number of benzene rings is 2. The maximum atomic E-state index is 14.5. The number of Topliss-reactive ketones (excluding diaryl/α,β-unsaturated/α-hetero) is 1. The van der Waals surface area contributed by atoms with Gasteiger partial charge in [0, 0.05) is 18.2 Å². The quantitative estimate of drug-likeness (QED) is 0.439. The van der Waals surface area contributed by atoms with Gasteiger partial charge in [0.2, 0.25) is 11.1 Å². The van der Waals surface area contributed by atoms with Gasteiger partial charge in [-0.3, -0.25) is 9.59 Å². The Kier molecular flexibility index (Phi) is 5.85. The van der Waals surface area contributed by atoms with Crippen LogP contribution in [0.4, 0.5) is 10.1 Å². The van der Waals surface area contributed by atoms with Gasteiger partial charge in [0.15, 0.2) is 5.78 Å². The fourth-order valence-corrected chi connectivity index (χ4v) is 3.97. The highest BCUT2D eigenvalue weighted by Gasteiger charge is 2.22. The zero-order valence-corrected chi connectivity index (χ0v) is 17.5. The summed E-state index contributed by atoms with van der Waals surface area (Å²) in [5.41, 5.74) is 1.66. The van der Waals surface area contributed by atoms with Crippen molar-refractivity contribution in [2.75, 3.05) is 25.3 Å². The standard InChI is InChI=1S/C20H18FN5O4S/c1-29-12-4-5-18(30-2)16(8-12)26-20(23-24-25-26)31-10-17(27)13-7-11-3-6-19(28)22-15(11)9-14(13)21/h4-5,7-9H,3,6,10H2,1-2H3,(H,22,28). The SMILES string of the molecule is COc1ccc(OC)c(-n2nnnc2SCC(=O)c2cc3c(cc2F)NC(=O)CC3)c1. The molecule has 0 atom stereocenters. The van der Waals surface area contributed by atoms with Crippen LogP contribution < -0.4 is 14.8 Å². The molecule has 31 heavy (non-hydrogen) atoms. The maximum absolute atomic E-state index is 14.5. The molecule has 1 N–H and O–H groups in total. The number of halogens is 1. The third-order valence-corrected chi connectivity index (χ3v) is 5.70. The lowest BCUT2D eigenvalue weighted by atomic mass is 9.98. The second-order valence-electron chi connectivity index (χ2n) is 6.66. The normalized spacial score (nSPS) is 12.8. The molecule has 0 bridgehead atoms. The number of amides is 1. The van der Waals surface area contributed by atoms with Crippen molar-refractivity contribution >= 4 is 29.1 Å². The Bertz CT molecular complexity index is 1170. The van der Waals surface area contributed by atoms with E-state index < -0.39 is 11.6 Å². The van der Waals surface area contributed by atoms with E-state index in [1.54, 1.807) is 18.2 Å². The highest BCUT2D eigenvalue weighted by Crippen LogP contribution is 2.31. The Morgan fingerprint density at radius 3 is 2.84 bits per heavy atom. The summed E-state index contributed by atoms with van der Waals surface area (Å²) in [5.74, 6) is -0.226. The fraction of sp³-hybridized carbons (Fsp3) is 0.250. The van der Waals surface area contributed by atoms with E-state index in [4.69, 9.17) is 9.47 Å². The number of hydrogen-bond donors (Lipinski definition) is 1. The van der Waals surface area contributed by atoms with E-state index in [9.17, 15) is 14.0 Å². The Labute approximate surface area is 180 Å². The molecule has 0 radical (unpaired) electrons. The van der Waals surface area contributed by atoms with Crippen LogP contribution in [0.25, 0.3) is 5.69 Å². The summed E-state index contributed by atoms with van der Waals surface area (Å²) in [5, 5.41) is 14.6. The number of carbonyl (C=O) groups excluding carboxylic acids is 2. The van der Waals surface area contributed by atoms with Crippen molar-refractivity contribution < 1.29 is 23.5 Å². The zero-order chi connectivity index (χ0) is 22.0. The molecule has 0 unspecified atom stereocenters. The van der Waals surface area contributed by atoms with E-state index >= 15 is 0 Å². The van der Waals surface area contributed by atoms with E-state index in [0.29, 0.717) is 40.9 Å². The minimum absolute atomic E-state index is 0.0274. The minimum atomic E-state index is -0.680. The number of anilines is 1. The summed E-state index contributed by atoms with van der Waals surface area (Å²) in [6, 6.07) is 7.86. The number of nitrogens with zero attached hydrogens (tertiary/aromatic N) is 4. The first-order valence-electron chi connectivity index (χ1n) is 9.29. The van der Waals surface area contributed by atoms with Gasteiger partial charge < -0.3 is 14.8 Å². The molecule has 0 fully saturated rings. The first kappa shape index (κ1) is 20.8. The molecule has 9 nitrogen and oxygen atoms in total. The Morgan fingerprint density at radius 2 is 2.06 bits per heavy atom. The zero-order valence-electron chi connectivity index (χ0n) is 16.7. The molecular formula is C20H18FN5O4S. The summed E-state index contributed by atoms with van der Waals surface area (Å²) in [4.78, 5) is 24.2. The van der Waals surface area contributed by atoms with Crippen molar-refractivity contribution in [3.63, 3.8) is 0 Å². The van der Waals surface area contributed by atoms with Crippen LogP contribution in [0, 0.1) is 5.82 Å². The van der Waals surface area contributed by atoms with E-state index in [-0.39, 0.29) is 17.2 Å². The number of rotatable bonds is 7. The van der Waals surface area contributed by atoms with Gasteiger partial charge >= 0.3 is 0 Å². The average molecular weight is 443 g/mol. The van der Waals surface area contributed by atoms with Gasteiger partial charge in [-0.25, -0.2) is 4.39 Å². The number of thioether (sulfide) groups is 1. The first-order chi connectivity index (χ1) is 15.0. The van der Waals surface area contributed by atoms with Crippen LogP contribution in [0.5, 0.6) is 11.5 Å². The second-order valence-corrected chi connectivity index (χ2v) is 7.60. The molecule has 11 heteroatoms. The summed E-state index contributed by atoms with van der Waals surface area (Å²) >= 11 is 1.08. The van der Waals surface area contributed by atoms with Crippen molar-refractivity contribution in [2.24, 2.45) is 0 Å². The van der Waals surface area contributed by atoms with Crippen molar-refractivity contribution in [3.8, 4) is 17.2 Å². The first-order valence-corrected chi connectivity index (χ1v) is 10.3. The van der Waals surface area contributed by atoms with Gasteiger partial charge in [-0.15, -0.1) is 5.10 Å². The second kappa shape index (κ2) is 8.72. The van der Waals surface area contributed by atoms with Crippen molar-refractivity contribution in [1.82, 2.24) is 20.2 Å². The molecule has 3 aromatic rings. The molecule has 0 saturated heterocycles. The number of methoxy groups -OCH3 is 2. The van der Waals surface area contributed by atoms with Gasteiger partial charge in [0.05, 0.1) is 25.5 Å². The number of nitrogens with one attached hydrogen (secondary N) is 1. The number of aromatic nitrogens is 4. The molecule has 4 rings (SSSR count). The van der Waals surface area contributed by atoms with Crippen molar-refractivity contribution in [3.05, 3.63) is 47.3 Å². The molecule has 0 saturated carbocycles. The lowest BCUT2D eigenvalue weighted by Gasteiger charge is -2.17. The molecule has 0 aliphatic carbocycles. The van der Waals surface area contributed by atoms with Crippen LogP contribution in [0.2, 0.25) is 0 Å². The summed E-state index contributed by atoms with van der Waals surface area (Å²) < 4.78 is 26.5. The predicted octanol–water partition coefficient (Wildman–Crippen LogP) is 2.68. The van der Waals surface area contributed by atoms with Crippen LogP contribution in [0.15, 0.2) is 35.5 Å². The topological polar surface area (TPSA) is 108 Å². The predicted molar refractivity (Wildman–Crippen MR) is 111 cm³/mol. The van der Waals surface area contributed by atoms with Crippen LogP contribution in [-0.4, -0.2) is 51.9 Å². The van der Waals surface area contributed by atoms with Gasteiger partial charge in [-0.05, 0) is 46.7 Å². The highest BCUT2D eigenvalue weighted by atomic mass is 32.2. The monoisotopic (exact) mass is 443 g/mol. The number of ether oxygens (including phenoxy) is 2. The number of hydrogen-bond acceptors (Lipinski definition) is 8. The third-order valence-electron chi connectivity index (χ3n) is 4.78. The van der Waals surface area contributed by atoms with E-state index in [0.717, 1.165) is 17.3 Å². The van der Waals surface area contributed by atoms with E-state index in [1.807, 2.05) is 0 Å². The largest absolute Gasteiger partial charge is 0.497 e. The van der Waals surface area contributed by atoms with Gasteiger partial charge in [0.25, 0.3) is 0 Å². The Balaban J connectivity index is 1.55. The van der Waals surface area contributed by atoms with Gasteiger partial charge in [-0.1, -0.05) is 11.8 Å². The van der Waals surface area contributed by atoms with Crippen molar-refractivity contribution in [2.45, 2.75) is 18.0 Å². The molecule has 0 spiro atoms. The summed E-state index contributed by atoms with van der Waals surface area (Å²) in [7, 11) is 3.06. The summed E-state index contributed by atoms with van der Waals surface area (Å²) in [6.07, 6.45) is 0.765. The Morgan fingerprint density at radius 1 is 1.23 bits per heavy atom. The van der Waals surface area contributed by atoms with Crippen LogP contribution in [0.3, 0.4) is 0 Å². The van der Waals surface area contributed by atoms with E-state index in [2.05, 4.69) is 20.8 Å². The number of aryl methyl sites for hydroxylation is 1. The van der Waals surface area contributed by atoms with Crippen molar-refractivity contribution in [1.29, 1.82) is 0 Å². The minimum Gasteiger partial charge on any atom is -0.497 e. The van der Waals surface area contributed by atoms with Crippen LogP contribution >= 0.6 is 11.8 Å². The highest BCUT2D eigenvalue weighted by molar-refractivity contribution is 7.99. The smallest absolute Gasteiger partial charge is 0.224 e. The third kappa shape index (κ3) is 4.22. The van der Waals surface area contributed by atoms with Crippen LogP contribution in [-0.2, 0) is 11.2 Å². The van der Waals surface area contributed by atoms with Crippen LogP contribution in [0.1, 0.15) is 22.3 Å². The average Bonchev–Trinajstić information content (AvgIpc) is 3.24. The lowest BCUT2D eigenvalue weighted by molar-refractivity contribution is -0.116. The molecule has 2 heterocycles. The summed E-state index contributed by atoms with van der Waals surface area (Å²) in [6.45, 7) is 0. The maximum Gasteiger partial charge on any atom is 0.224 e. The number of fused-ring (bicyclic) bond motifs is 1. The Hall–Kier alpha value is -3.47. The number of ketones is 1. The molecule has 1 aliphatic heterocycles. The lowest BCUT2D eigenvalue weighted by Crippen LogP contribution is -2.20. The molecule has 160 valence electrons. The molecular weight excluding hydrogens is 425 g/mol. The van der Waals surface area contributed by atoms with Gasteiger partial charge in [-0.2, -0.15) is 4.68 Å². The fourth-order valence-electron chi connectivity index (χ4n) is 3.21. The molecule has 1 amide bonds. The molecule has 1 aromatic heterocycles. The van der Waals surface area contributed by atoms with Gasteiger partial charge in [0.1, 0.15) is 23.0 Å². The molecule has 1 aliphatic rings. The molecule has 2 aromatic carbocycles. The number of carbonyl (C=O) groups is 2. The van der Waals surface area contributed by atoms with E-state index in [1.165, 1.54) is 31.0 Å².